The Hall–Kier alpha value is -2.93. The van der Waals surface area contributed by atoms with E-state index in [0.29, 0.717) is 13.2 Å². The Morgan fingerprint density at radius 1 is 0.968 bits per heavy atom. The van der Waals surface area contributed by atoms with E-state index in [0.717, 1.165) is 34.8 Å². The highest BCUT2D eigenvalue weighted by Crippen LogP contribution is 2.39. The zero-order valence-corrected chi connectivity index (χ0v) is 17.3. The van der Waals surface area contributed by atoms with Crippen LogP contribution in [-0.2, 0) is 12.8 Å². The second-order valence-corrected chi connectivity index (χ2v) is 8.33. The average molecular weight is 443 g/mol. The van der Waals surface area contributed by atoms with Crippen LogP contribution in [-0.4, -0.2) is 23.1 Å². The Kier molecular flexibility index (Phi) is 6.23. The highest BCUT2D eigenvalue weighted by atomic mass is 32.2. The van der Waals surface area contributed by atoms with Crippen LogP contribution >= 0.6 is 11.8 Å². The predicted octanol–water partition coefficient (Wildman–Crippen LogP) is 6.17. The normalized spacial score (nSPS) is 16.4. The van der Waals surface area contributed by atoms with Crippen LogP contribution in [0.3, 0.4) is 0 Å². The molecule has 3 aromatic rings. The summed E-state index contributed by atoms with van der Waals surface area (Å²) in [5, 5.41) is -0.182. The molecule has 0 spiro atoms. The topological polar surface area (TPSA) is 29.5 Å². The van der Waals surface area contributed by atoms with Gasteiger partial charge < -0.3 is 9.64 Å². The Morgan fingerprint density at radius 3 is 2.29 bits per heavy atom. The lowest BCUT2D eigenvalue weighted by Gasteiger charge is -2.24. The standard InChI is InChI=1S/C24H20F3NO2S/c25-24(26,27)20-10-6-18(7-11-20)22(29)28-14-15-31-23(28)19-8-12-21(13-9-19)30-16-17-4-2-1-3-5-17/h1-13,23H,14-16H2/t23-/m0/s1. The molecule has 1 aliphatic rings. The Balaban J connectivity index is 1.43. The van der Waals surface area contributed by atoms with Crippen LogP contribution in [0.1, 0.15) is 32.4 Å². The van der Waals surface area contributed by atoms with Gasteiger partial charge in [0.25, 0.3) is 5.91 Å². The second kappa shape index (κ2) is 9.06. The van der Waals surface area contributed by atoms with Gasteiger partial charge in [0, 0.05) is 17.9 Å². The quantitative estimate of drug-likeness (QED) is 0.472. The molecule has 31 heavy (non-hydrogen) atoms. The van der Waals surface area contributed by atoms with E-state index in [-0.39, 0.29) is 16.8 Å². The summed E-state index contributed by atoms with van der Waals surface area (Å²) in [6.45, 7) is 1.01. The van der Waals surface area contributed by atoms with E-state index in [1.807, 2.05) is 54.6 Å². The van der Waals surface area contributed by atoms with Crippen molar-refractivity contribution in [2.45, 2.75) is 18.2 Å². The van der Waals surface area contributed by atoms with Crippen molar-refractivity contribution < 1.29 is 22.7 Å². The van der Waals surface area contributed by atoms with Crippen molar-refractivity contribution in [1.82, 2.24) is 4.90 Å². The van der Waals surface area contributed by atoms with Gasteiger partial charge in [-0.15, -0.1) is 11.8 Å². The zero-order chi connectivity index (χ0) is 21.8. The Morgan fingerprint density at radius 2 is 1.65 bits per heavy atom. The third-order valence-corrected chi connectivity index (χ3v) is 6.29. The van der Waals surface area contributed by atoms with Crippen LogP contribution in [0.25, 0.3) is 0 Å². The fraction of sp³-hybridized carbons (Fsp3) is 0.208. The van der Waals surface area contributed by atoms with Crippen molar-refractivity contribution >= 4 is 17.7 Å². The molecular formula is C24H20F3NO2S. The van der Waals surface area contributed by atoms with Gasteiger partial charge in [-0.3, -0.25) is 4.79 Å². The number of ether oxygens (including phenoxy) is 1. The molecule has 1 aliphatic heterocycles. The van der Waals surface area contributed by atoms with Crippen molar-refractivity contribution in [2.75, 3.05) is 12.3 Å². The number of alkyl halides is 3. The van der Waals surface area contributed by atoms with Crippen molar-refractivity contribution in [3.63, 3.8) is 0 Å². The summed E-state index contributed by atoms with van der Waals surface area (Å²) >= 11 is 1.63. The molecule has 0 saturated carbocycles. The number of rotatable bonds is 5. The van der Waals surface area contributed by atoms with Gasteiger partial charge in [0.2, 0.25) is 0 Å². The minimum absolute atomic E-state index is 0.182. The molecule has 160 valence electrons. The van der Waals surface area contributed by atoms with E-state index in [4.69, 9.17) is 4.74 Å². The molecule has 0 N–H and O–H groups in total. The largest absolute Gasteiger partial charge is 0.489 e. The molecule has 0 unspecified atom stereocenters. The first-order chi connectivity index (χ1) is 14.9. The Bertz CT molecular complexity index is 1020. The van der Waals surface area contributed by atoms with Crippen LogP contribution in [0.5, 0.6) is 5.75 Å². The molecule has 1 amide bonds. The summed E-state index contributed by atoms with van der Waals surface area (Å²) in [4.78, 5) is 14.6. The number of hydrogen-bond donors (Lipinski definition) is 0. The highest BCUT2D eigenvalue weighted by Gasteiger charge is 2.33. The van der Waals surface area contributed by atoms with Gasteiger partial charge in [-0.05, 0) is 47.5 Å². The third kappa shape index (κ3) is 5.05. The van der Waals surface area contributed by atoms with Gasteiger partial charge in [0.1, 0.15) is 17.7 Å². The molecular weight excluding hydrogens is 423 g/mol. The molecule has 0 radical (unpaired) electrons. The maximum atomic E-state index is 12.9. The number of thioether (sulfide) groups is 1. The first-order valence-corrected chi connectivity index (χ1v) is 10.8. The van der Waals surface area contributed by atoms with Gasteiger partial charge in [0.05, 0.1) is 5.56 Å². The number of benzene rings is 3. The van der Waals surface area contributed by atoms with Gasteiger partial charge in [-0.25, -0.2) is 0 Å². The monoisotopic (exact) mass is 443 g/mol. The molecule has 4 rings (SSSR count). The summed E-state index contributed by atoms with van der Waals surface area (Å²) in [5.41, 5.74) is 1.52. The van der Waals surface area contributed by atoms with E-state index in [1.165, 1.54) is 12.1 Å². The second-order valence-electron chi connectivity index (χ2n) is 7.14. The lowest BCUT2D eigenvalue weighted by atomic mass is 10.1. The number of nitrogens with zero attached hydrogens (tertiary/aromatic N) is 1. The predicted molar refractivity (Wildman–Crippen MR) is 115 cm³/mol. The number of halogens is 3. The van der Waals surface area contributed by atoms with E-state index in [1.54, 1.807) is 16.7 Å². The van der Waals surface area contributed by atoms with Crippen LogP contribution in [0, 0.1) is 0 Å². The third-order valence-electron chi connectivity index (χ3n) is 5.02. The number of carbonyl (C=O) groups excluding carboxylic acids is 1. The van der Waals surface area contributed by atoms with Crippen LogP contribution in [0.4, 0.5) is 13.2 Å². The number of amides is 1. The maximum Gasteiger partial charge on any atom is 0.416 e. The molecule has 0 aliphatic carbocycles. The van der Waals surface area contributed by atoms with Gasteiger partial charge >= 0.3 is 6.18 Å². The van der Waals surface area contributed by atoms with Crippen molar-refractivity contribution in [3.8, 4) is 5.75 Å². The minimum Gasteiger partial charge on any atom is -0.489 e. The minimum atomic E-state index is -4.42. The smallest absolute Gasteiger partial charge is 0.416 e. The van der Waals surface area contributed by atoms with Crippen LogP contribution in [0.15, 0.2) is 78.9 Å². The molecule has 7 heteroatoms. The number of hydrogen-bond acceptors (Lipinski definition) is 3. The molecule has 1 atom stereocenters. The fourth-order valence-electron chi connectivity index (χ4n) is 3.39. The molecule has 1 heterocycles. The highest BCUT2D eigenvalue weighted by molar-refractivity contribution is 7.99. The van der Waals surface area contributed by atoms with Gasteiger partial charge in [-0.2, -0.15) is 13.2 Å². The van der Waals surface area contributed by atoms with Gasteiger partial charge in [-0.1, -0.05) is 42.5 Å². The van der Waals surface area contributed by atoms with Crippen LogP contribution in [0.2, 0.25) is 0 Å². The molecule has 3 aromatic carbocycles. The summed E-state index contributed by atoms with van der Waals surface area (Å²) in [6, 6.07) is 21.8. The molecule has 0 aromatic heterocycles. The average Bonchev–Trinajstić information content (AvgIpc) is 3.28. The van der Waals surface area contributed by atoms with E-state index in [9.17, 15) is 18.0 Å². The SMILES string of the molecule is O=C(c1ccc(C(F)(F)F)cc1)N1CCS[C@H]1c1ccc(OCc2ccccc2)cc1. The first-order valence-electron chi connectivity index (χ1n) is 9.78. The van der Waals surface area contributed by atoms with Crippen LogP contribution < -0.4 is 4.74 Å². The maximum absolute atomic E-state index is 12.9. The molecule has 3 nitrogen and oxygen atoms in total. The summed E-state index contributed by atoms with van der Waals surface area (Å²) < 4.78 is 44.2. The van der Waals surface area contributed by atoms with Crippen molar-refractivity contribution in [1.29, 1.82) is 0 Å². The fourth-order valence-corrected chi connectivity index (χ4v) is 4.65. The lowest BCUT2D eigenvalue weighted by molar-refractivity contribution is -0.137. The number of carbonyl (C=O) groups is 1. The van der Waals surface area contributed by atoms with E-state index < -0.39 is 11.7 Å². The molecule has 1 saturated heterocycles. The summed E-state index contributed by atoms with van der Waals surface area (Å²) in [7, 11) is 0. The molecule has 1 fully saturated rings. The first kappa shape index (κ1) is 21.3. The Labute approximate surface area is 182 Å². The van der Waals surface area contributed by atoms with Crippen molar-refractivity contribution in [2.24, 2.45) is 0 Å². The molecule has 0 bridgehead atoms. The van der Waals surface area contributed by atoms with E-state index >= 15 is 0 Å². The summed E-state index contributed by atoms with van der Waals surface area (Å²) in [6.07, 6.45) is -4.42. The van der Waals surface area contributed by atoms with Gasteiger partial charge in [0.15, 0.2) is 0 Å². The lowest BCUT2D eigenvalue weighted by Crippen LogP contribution is -2.30. The van der Waals surface area contributed by atoms with E-state index in [2.05, 4.69) is 0 Å². The van der Waals surface area contributed by atoms with Crippen molar-refractivity contribution in [3.05, 3.63) is 101 Å². The zero-order valence-electron chi connectivity index (χ0n) is 16.5. The summed E-state index contributed by atoms with van der Waals surface area (Å²) in [5.74, 6) is 1.23.